The third-order valence-electron chi connectivity index (χ3n) is 1.98. The van der Waals surface area contributed by atoms with Crippen LogP contribution in [0.1, 0.15) is 0 Å². The molecule has 2 N–H and O–H groups in total. The Kier molecular flexibility index (Phi) is 4.51. The normalized spacial score (nSPS) is 21.4. The summed E-state index contributed by atoms with van der Waals surface area (Å²) in [4.78, 5) is 8.90. The molecule has 0 atom stereocenters. The molecule has 0 unspecified atom stereocenters. The third-order valence-corrected chi connectivity index (χ3v) is 1.98. The van der Waals surface area contributed by atoms with Crippen LogP contribution in [0.5, 0.6) is 0 Å². The summed E-state index contributed by atoms with van der Waals surface area (Å²) in [6, 6.07) is 0. The highest BCUT2D eigenvalue weighted by Crippen LogP contribution is 2.13. The second-order valence-electron chi connectivity index (χ2n) is 3.38. The van der Waals surface area contributed by atoms with Gasteiger partial charge in [-0.1, -0.05) is 0 Å². The highest BCUT2D eigenvalue weighted by molar-refractivity contribution is 5.73. The topological polar surface area (TPSA) is 67.8 Å². The van der Waals surface area contributed by atoms with Crippen molar-refractivity contribution in [1.82, 2.24) is 5.32 Å². The van der Waals surface area contributed by atoms with Gasteiger partial charge in [0, 0.05) is 13.1 Å². The number of carboxylic acid groups (broad SMARTS) is 1. The van der Waals surface area contributed by atoms with Crippen LogP contribution in [0, 0.1) is 0 Å². The summed E-state index contributed by atoms with van der Waals surface area (Å²) >= 11 is 0. The Morgan fingerprint density at radius 2 is 1.81 bits per heavy atom. The van der Waals surface area contributed by atoms with Gasteiger partial charge in [0.1, 0.15) is 6.10 Å². The number of halogens is 3. The molecule has 2 heterocycles. The number of aliphatic carboxylic acids is 1. The summed E-state index contributed by atoms with van der Waals surface area (Å²) < 4.78 is 42.2. The Hall–Kier alpha value is -0.860. The van der Waals surface area contributed by atoms with E-state index in [0.29, 0.717) is 12.2 Å². The van der Waals surface area contributed by atoms with Crippen LogP contribution in [0.4, 0.5) is 13.2 Å². The molecular weight excluding hydrogens is 231 g/mol. The molecule has 5 nitrogen and oxygen atoms in total. The SMILES string of the molecule is C1NCC1OC1COC1.O=C(O)C(F)(F)F. The molecule has 0 bridgehead atoms. The Balaban J connectivity index is 0.000000168. The molecule has 94 valence electrons. The number of ether oxygens (including phenoxy) is 2. The monoisotopic (exact) mass is 243 g/mol. The highest BCUT2D eigenvalue weighted by Gasteiger charge is 2.38. The predicted molar refractivity (Wildman–Crippen MR) is 46.0 cm³/mol. The van der Waals surface area contributed by atoms with Crippen LogP contribution in [-0.4, -0.2) is 55.8 Å². The molecule has 2 aliphatic heterocycles. The minimum atomic E-state index is -5.08. The Labute approximate surface area is 89.5 Å². The van der Waals surface area contributed by atoms with E-state index in [0.717, 1.165) is 26.3 Å². The molecular formula is C8H12F3NO4. The van der Waals surface area contributed by atoms with Gasteiger partial charge in [-0.25, -0.2) is 4.79 Å². The van der Waals surface area contributed by atoms with Crippen LogP contribution in [0.3, 0.4) is 0 Å². The molecule has 2 aliphatic rings. The molecule has 0 aliphatic carbocycles. The summed E-state index contributed by atoms with van der Waals surface area (Å²) in [5.74, 6) is -2.76. The fourth-order valence-corrected chi connectivity index (χ4v) is 0.923. The van der Waals surface area contributed by atoms with Crippen molar-refractivity contribution in [1.29, 1.82) is 0 Å². The van der Waals surface area contributed by atoms with Crippen LogP contribution in [0.15, 0.2) is 0 Å². The largest absolute Gasteiger partial charge is 0.490 e. The van der Waals surface area contributed by atoms with E-state index in [9.17, 15) is 13.2 Å². The van der Waals surface area contributed by atoms with Gasteiger partial charge in [0.2, 0.25) is 0 Å². The second kappa shape index (κ2) is 5.46. The van der Waals surface area contributed by atoms with Crippen LogP contribution in [-0.2, 0) is 14.3 Å². The molecule has 0 spiro atoms. The van der Waals surface area contributed by atoms with Crippen molar-refractivity contribution in [3.05, 3.63) is 0 Å². The van der Waals surface area contributed by atoms with Crippen LogP contribution in [0.2, 0.25) is 0 Å². The number of nitrogens with one attached hydrogen (secondary N) is 1. The minimum absolute atomic E-state index is 0.400. The van der Waals surface area contributed by atoms with Gasteiger partial charge in [-0.2, -0.15) is 13.2 Å². The van der Waals surface area contributed by atoms with Gasteiger partial charge < -0.3 is 19.9 Å². The van der Waals surface area contributed by atoms with E-state index >= 15 is 0 Å². The van der Waals surface area contributed by atoms with E-state index in [-0.39, 0.29) is 0 Å². The number of carbonyl (C=O) groups is 1. The fourth-order valence-electron chi connectivity index (χ4n) is 0.923. The van der Waals surface area contributed by atoms with Gasteiger partial charge in [0.25, 0.3) is 0 Å². The zero-order chi connectivity index (χ0) is 12.2. The number of alkyl halides is 3. The zero-order valence-corrected chi connectivity index (χ0v) is 8.29. The molecule has 16 heavy (non-hydrogen) atoms. The zero-order valence-electron chi connectivity index (χ0n) is 8.29. The van der Waals surface area contributed by atoms with Gasteiger partial charge in [0.15, 0.2) is 0 Å². The summed E-state index contributed by atoms with van der Waals surface area (Å²) in [5, 5.41) is 10.3. The maximum Gasteiger partial charge on any atom is 0.490 e. The number of hydrogen-bond acceptors (Lipinski definition) is 4. The van der Waals surface area contributed by atoms with Crippen LogP contribution >= 0.6 is 0 Å². The van der Waals surface area contributed by atoms with Crippen molar-refractivity contribution >= 4 is 5.97 Å². The van der Waals surface area contributed by atoms with E-state index in [1.54, 1.807) is 0 Å². The molecule has 2 fully saturated rings. The average molecular weight is 243 g/mol. The van der Waals surface area contributed by atoms with Crippen molar-refractivity contribution in [3.8, 4) is 0 Å². The Morgan fingerprint density at radius 1 is 1.31 bits per heavy atom. The molecule has 2 saturated heterocycles. The molecule has 8 heteroatoms. The first-order valence-corrected chi connectivity index (χ1v) is 4.63. The maximum absolute atomic E-state index is 10.6. The lowest BCUT2D eigenvalue weighted by Gasteiger charge is -2.35. The summed E-state index contributed by atoms with van der Waals surface area (Å²) in [7, 11) is 0. The van der Waals surface area contributed by atoms with Gasteiger partial charge in [-0.3, -0.25) is 0 Å². The van der Waals surface area contributed by atoms with Gasteiger partial charge >= 0.3 is 12.1 Å². The maximum atomic E-state index is 10.6. The quantitative estimate of drug-likeness (QED) is 0.715. The van der Waals surface area contributed by atoms with E-state index in [1.165, 1.54) is 0 Å². The van der Waals surface area contributed by atoms with E-state index in [1.807, 2.05) is 0 Å². The van der Waals surface area contributed by atoms with E-state index in [2.05, 4.69) is 5.32 Å². The molecule has 2 rings (SSSR count). The van der Waals surface area contributed by atoms with Gasteiger partial charge in [-0.15, -0.1) is 0 Å². The molecule has 0 aromatic rings. The summed E-state index contributed by atoms with van der Waals surface area (Å²) in [6.45, 7) is 3.65. The minimum Gasteiger partial charge on any atom is -0.475 e. The van der Waals surface area contributed by atoms with Crippen molar-refractivity contribution in [2.75, 3.05) is 26.3 Å². The van der Waals surface area contributed by atoms with Crippen molar-refractivity contribution < 1.29 is 32.5 Å². The fraction of sp³-hybridized carbons (Fsp3) is 0.875. The lowest BCUT2D eigenvalue weighted by atomic mass is 10.2. The van der Waals surface area contributed by atoms with E-state index in [4.69, 9.17) is 19.4 Å². The third kappa shape index (κ3) is 4.33. The van der Waals surface area contributed by atoms with Gasteiger partial charge in [-0.05, 0) is 0 Å². The lowest BCUT2D eigenvalue weighted by molar-refractivity contribution is -0.192. The van der Waals surface area contributed by atoms with Crippen LogP contribution in [0.25, 0.3) is 0 Å². The van der Waals surface area contributed by atoms with Crippen molar-refractivity contribution in [2.45, 2.75) is 18.4 Å². The molecule has 0 saturated carbocycles. The second-order valence-corrected chi connectivity index (χ2v) is 3.38. The van der Waals surface area contributed by atoms with Gasteiger partial charge in [0.05, 0.1) is 19.3 Å². The Bertz CT molecular complexity index is 226. The number of carboxylic acids is 1. The molecule has 0 aromatic carbocycles. The smallest absolute Gasteiger partial charge is 0.475 e. The standard InChI is InChI=1S/C6H11NO2.C2HF3O2/c1-5(2-7-1)9-6-3-8-4-6;3-2(4,5)1(6)7/h5-7H,1-4H2;(H,6,7). The Morgan fingerprint density at radius 3 is 2.00 bits per heavy atom. The molecule has 0 radical (unpaired) electrons. The lowest BCUT2D eigenvalue weighted by Crippen LogP contribution is -2.53. The first kappa shape index (κ1) is 13.2. The predicted octanol–water partition coefficient (Wildman–Crippen LogP) is 0.00690. The number of rotatable bonds is 2. The first-order chi connectivity index (χ1) is 7.39. The number of hydrogen-bond donors (Lipinski definition) is 2. The molecule has 0 aromatic heterocycles. The van der Waals surface area contributed by atoms with Crippen molar-refractivity contribution in [2.24, 2.45) is 0 Å². The summed E-state index contributed by atoms with van der Waals surface area (Å²) in [6.07, 6.45) is -4.21. The molecule has 0 amide bonds. The van der Waals surface area contributed by atoms with Crippen molar-refractivity contribution in [3.63, 3.8) is 0 Å². The van der Waals surface area contributed by atoms with Crippen LogP contribution < -0.4 is 5.32 Å². The first-order valence-electron chi connectivity index (χ1n) is 4.63. The van der Waals surface area contributed by atoms with E-state index < -0.39 is 12.1 Å². The highest BCUT2D eigenvalue weighted by atomic mass is 19.4. The summed E-state index contributed by atoms with van der Waals surface area (Å²) in [5.41, 5.74) is 0. The average Bonchev–Trinajstić information content (AvgIpc) is 1.97.